The quantitative estimate of drug-likeness (QED) is 0.607. The van der Waals surface area contributed by atoms with Gasteiger partial charge in [0.15, 0.2) is 0 Å². The van der Waals surface area contributed by atoms with Gasteiger partial charge in [-0.3, -0.25) is 9.59 Å². The number of imide groups is 1. The van der Waals surface area contributed by atoms with Crippen molar-refractivity contribution in [3.8, 4) is 0 Å². The van der Waals surface area contributed by atoms with Crippen molar-refractivity contribution in [3.05, 3.63) is 33.5 Å². The highest BCUT2D eigenvalue weighted by Gasteiger charge is 2.62. The molecule has 3 aliphatic heterocycles. The molecule has 21 heavy (non-hydrogen) atoms. The SMILES string of the molecule is O=C(ON1C(=O)C2C3C=CC(O3)C2C1=O)c1ccc(Cl)s1. The lowest BCUT2D eigenvalue weighted by atomic mass is 9.85. The predicted molar refractivity (Wildman–Crippen MR) is 71.4 cm³/mol. The van der Waals surface area contributed by atoms with Gasteiger partial charge in [0.1, 0.15) is 4.88 Å². The zero-order valence-electron chi connectivity index (χ0n) is 10.4. The molecule has 0 aromatic carbocycles. The van der Waals surface area contributed by atoms with E-state index >= 15 is 0 Å². The van der Waals surface area contributed by atoms with E-state index in [0.717, 1.165) is 11.3 Å². The maximum Gasteiger partial charge on any atom is 0.373 e. The summed E-state index contributed by atoms with van der Waals surface area (Å²) in [4.78, 5) is 41.6. The molecule has 108 valence electrons. The Hall–Kier alpha value is -1.70. The maximum absolute atomic E-state index is 12.3. The van der Waals surface area contributed by atoms with Crippen LogP contribution in [0.2, 0.25) is 4.34 Å². The first kappa shape index (κ1) is 13.0. The van der Waals surface area contributed by atoms with Crippen molar-refractivity contribution in [3.63, 3.8) is 0 Å². The van der Waals surface area contributed by atoms with E-state index in [2.05, 4.69) is 0 Å². The molecule has 6 nitrogen and oxygen atoms in total. The largest absolute Gasteiger partial charge is 0.373 e. The molecule has 1 aromatic heterocycles. The second-order valence-corrected chi connectivity index (χ2v) is 6.67. The van der Waals surface area contributed by atoms with Gasteiger partial charge in [-0.15, -0.1) is 16.4 Å². The van der Waals surface area contributed by atoms with Crippen LogP contribution in [-0.4, -0.2) is 35.1 Å². The average molecular weight is 326 g/mol. The Morgan fingerprint density at radius 1 is 1.19 bits per heavy atom. The summed E-state index contributed by atoms with van der Waals surface area (Å²) in [7, 11) is 0. The molecule has 0 saturated carbocycles. The molecule has 4 heterocycles. The van der Waals surface area contributed by atoms with Gasteiger partial charge >= 0.3 is 5.97 Å². The summed E-state index contributed by atoms with van der Waals surface area (Å²) in [6, 6.07) is 3.03. The number of amides is 2. The van der Waals surface area contributed by atoms with E-state index in [1.807, 2.05) is 0 Å². The lowest BCUT2D eigenvalue weighted by Gasteiger charge is -2.15. The minimum absolute atomic E-state index is 0.231. The highest BCUT2D eigenvalue weighted by atomic mass is 35.5. The zero-order chi connectivity index (χ0) is 14.7. The number of fused-ring (bicyclic) bond motifs is 5. The van der Waals surface area contributed by atoms with Crippen molar-refractivity contribution in [1.82, 2.24) is 5.06 Å². The third kappa shape index (κ3) is 1.78. The maximum atomic E-state index is 12.3. The molecule has 0 radical (unpaired) electrons. The molecule has 2 bridgehead atoms. The van der Waals surface area contributed by atoms with E-state index in [1.54, 1.807) is 18.2 Å². The van der Waals surface area contributed by atoms with Crippen LogP contribution in [0.3, 0.4) is 0 Å². The van der Waals surface area contributed by atoms with Crippen LogP contribution in [0.5, 0.6) is 0 Å². The summed E-state index contributed by atoms with van der Waals surface area (Å²) >= 11 is 6.76. The van der Waals surface area contributed by atoms with E-state index in [1.165, 1.54) is 6.07 Å². The van der Waals surface area contributed by atoms with Gasteiger partial charge in [0.25, 0.3) is 11.8 Å². The number of carbonyl (C=O) groups is 3. The number of halogens is 1. The van der Waals surface area contributed by atoms with Crippen LogP contribution in [0.4, 0.5) is 0 Å². The second-order valence-electron chi connectivity index (χ2n) is 4.96. The first-order valence-electron chi connectivity index (χ1n) is 6.25. The molecule has 4 atom stereocenters. The normalized spacial score (nSPS) is 32.9. The van der Waals surface area contributed by atoms with Crippen molar-refractivity contribution < 1.29 is 24.0 Å². The van der Waals surface area contributed by atoms with Crippen LogP contribution >= 0.6 is 22.9 Å². The Morgan fingerprint density at radius 3 is 2.33 bits per heavy atom. The molecule has 2 saturated heterocycles. The van der Waals surface area contributed by atoms with E-state index in [-0.39, 0.29) is 4.88 Å². The zero-order valence-corrected chi connectivity index (χ0v) is 12.0. The molecule has 0 aliphatic carbocycles. The standard InChI is InChI=1S/C13H8ClNO5S/c14-8-4-3-7(21-8)13(18)20-15-11(16)9-5-1-2-6(19-5)10(9)12(15)17/h1-6,9-10H. The smallest absolute Gasteiger partial charge is 0.365 e. The van der Waals surface area contributed by atoms with Gasteiger partial charge in [-0.1, -0.05) is 23.8 Å². The molecule has 4 unspecified atom stereocenters. The van der Waals surface area contributed by atoms with Crippen LogP contribution in [0.25, 0.3) is 0 Å². The number of carbonyl (C=O) groups excluding carboxylic acids is 3. The number of ether oxygens (including phenoxy) is 1. The van der Waals surface area contributed by atoms with Crippen LogP contribution in [-0.2, 0) is 19.2 Å². The summed E-state index contributed by atoms with van der Waals surface area (Å²) in [5.41, 5.74) is 0. The average Bonchev–Trinajstić information content (AvgIpc) is 3.19. The Bertz CT molecular complexity index is 668. The van der Waals surface area contributed by atoms with E-state index in [4.69, 9.17) is 21.2 Å². The molecule has 1 aromatic rings. The number of nitrogens with zero attached hydrogens (tertiary/aromatic N) is 1. The van der Waals surface area contributed by atoms with Crippen LogP contribution in [0.15, 0.2) is 24.3 Å². The van der Waals surface area contributed by atoms with Crippen LogP contribution in [0, 0.1) is 11.8 Å². The van der Waals surface area contributed by atoms with E-state index in [0.29, 0.717) is 9.40 Å². The number of hydrogen-bond donors (Lipinski definition) is 0. The fraction of sp³-hybridized carbons (Fsp3) is 0.308. The number of thiophene rings is 1. The fourth-order valence-electron chi connectivity index (χ4n) is 2.92. The first-order chi connectivity index (χ1) is 10.1. The predicted octanol–water partition coefficient (Wildman–Crippen LogP) is 1.41. The summed E-state index contributed by atoms with van der Waals surface area (Å²) in [5.74, 6) is -3.01. The van der Waals surface area contributed by atoms with Gasteiger partial charge in [0, 0.05) is 0 Å². The Kier molecular flexibility index (Phi) is 2.72. The molecule has 2 fully saturated rings. The van der Waals surface area contributed by atoms with Gasteiger partial charge in [-0.2, -0.15) is 0 Å². The van der Waals surface area contributed by atoms with E-state index in [9.17, 15) is 14.4 Å². The van der Waals surface area contributed by atoms with Gasteiger partial charge in [0.05, 0.1) is 28.4 Å². The third-order valence-electron chi connectivity index (χ3n) is 3.82. The Balaban J connectivity index is 1.56. The summed E-state index contributed by atoms with van der Waals surface area (Å²) in [5, 5.41) is 0.570. The van der Waals surface area contributed by atoms with Crippen molar-refractivity contribution in [1.29, 1.82) is 0 Å². The fourth-order valence-corrected chi connectivity index (χ4v) is 3.83. The molecule has 3 aliphatic rings. The van der Waals surface area contributed by atoms with Crippen LogP contribution in [0.1, 0.15) is 9.67 Å². The lowest BCUT2D eigenvalue weighted by molar-refractivity contribution is -0.177. The van der Waals surface area contributed by atoms with Crippen molar-refractivity contribution in [2.75, 3.05) is 0 Å². The van der Waals surface area contributed by atoms with Crippen molar-refractivity contribution in [2.24, 2.45) is 11.8 Å². The lowest BCUT2D eigenvalue weighted by Crippen LogP contribution is -2.36. The molecular weight excluding hydrogens is 318 g/mol. The second kappa shape index (κ2) is 4.40. The minimum Gasteiger partial charge on any atom is -0.365 e. The highest BCUT2D eigenvalue weighted by Crippen LogP contribution is 2.45. The molecule has 0 spiro atoms. The molecule has 4 rings (SSSR count). The van der Waals surface area contributed by atoms with Gasteiger partial charge in [-0.05, 0) is 12.1 Å². The summed E-state index contributed by atoms with van der Waals surface area (Å²) < 4.78 is 5.91. The summed E-state index contributed by atoms with van der Waals surface area (Å²) in [6.07, 6.45) is 2.72. The Morgan fingerprint density at radius 2 is 1.81 bits per heavy atom. The molecule has 2 amide bonds. The molecule has 0 N–H and O–H groups in total. The molecular formula is C13H8ClNO5S. The number of rotatable bonds is 2. The summed E-state index contributed by atoms with van der Waals surface area (Å²) in [6.45, 7) is 0. The highest BCUT2D eigenvalue weighted by molar-refractivity contribution is 7.17. The number of hydroxylamine groups is 2. The number of hydrogen-bond acceptors (Lipinski definition) is 6. The minimum atomic E-state index is -0.769. The van der Waals surface area contributed by atoms with Crippen molar-refractivity contribution in [2.45, 2.75) is 12.2 Å². The first-order valence-corrected chi connectivity index (χ1v) is 7.45. The Labute approximate surface area is 127 Å². The molecule has 8 heteroatoms. The van der Waals surface area contributed by atoms with Crippen LogP contribution < -0.4 is 0 Å². The van der Waals surface area contributed by atoms with Gasteiger partial charge in [0.2, 0.25) is 0 Å². The van der Waals surface area contributed by atoms with E-state index < -0.39 is 41.8 Å². The third-order valence-corrected chi connectivity index (χ3v) is 5.03. The topological polar surface area (TPSA) is 72.9 Å². The van der Waals surface area contributed by atoms with Gasteiger partial charge < -0.3 is 9.57 Å². The van der Waals surface area contributed by atoms with Gasteiger partial charge in [-0.25, -0.2) is 4.79 Å². The monoisotopic (exact) mass is 325 g/mol. The van der Waals surface area contributed by atoms with Crippen molar-refractivity contribution >= 4 is 40.7 Å².